The third kappa shape index (κ3) is 7.19. The largest absolute Gasteiger partial charge is 0.458 e. The zero-order valence-corrected chi connectivity index (χ0v) is 23.9. The van der Waals surface area contributed by atoms with Gasteiger partial charge in [-0.15, -0.1) is 0 Å². The Morgan fingerprint density at radius 2 is 1.67 bits per heavy atom. The van der Waals surface area contributed by atoms with Crippen molar-refractivity contribution in [3.8, 4) is 11.1 Å². The molecule has 3 aromatic rings. The van der Waals surface area contributed by atoms with Crippen molar-refractivity contribution >= 4 is 5.97 Å². The van der Waals surface area contributed by atoms with E-state index < -0.39 is 6.29 Å². The zero-order chi connectivity index (χ0) is 28.7. The van der Waals surface area contributed by atoms with E-state index in [1.165, 1.54) is 5.56 Å². The molecule has 3 aromatic carbocycles. The van der Waals surface area contributed by atoms with Gasteiger partial charge in [0.25, 0.3) is 0 Å². The fraction of sp³-hybridized carbons (Fsp3) is 0.417. The number of aryl methyl sites for hydroxylation is 1. The number of carbonyl (C=O) groups is 1. The topological polar surface area (TPSA) is 74.2 Å². The van der Waals surface area contributed by atoms with E-state index >= 15 is 0 Å². The molecule has 7 atom stereocenters. The van der Waals surface area contributed by atoms with Crippen molar-refractivity contribution in [2.24, 2.45) is 11.8 Å². The Bertz CT molecular complexity index is 1300. The Balaban J connectivity index is 1.16. The van der Waals surface area contributed by atoms with Crippen LogP contribution in [0.3, 0.4) is 0 Å². The molecule has 6 nitrogen and oxygen atoms in total. The molecule has 0 aromatic heterocycles. The molecule has 3 aliphatic rings. The number of hydrogen-bond acceptors (Lipinski definition) is 6. The van der Waals surface area contributed by atoms with Crippen LogP contribution < -0.4 is 0 Å². The standard InChI is InChI=1S/C36H40O6/c37-34-23-31-30(21-20-29(40-35-13-7-8-22-39-35)19-14-25-9-3-1-4-10-25)32(24-33(31)41-34)42-36(38)28-17-15-27(16-18-28)26-11-5-2-6-12-26/h1-6,9-12,15-18,20-21,29-35,37H,7-8,13-14,19,22-24H2/b21-20+/t29-,30+,31+,32+,33-,34?,35?/m0/s1. The number of carbonyl (C=O) groups excluding carboxylic acids is 1. The van der Waals surface area contributed by atoms with E-state index in [-0.39, 0.29) is 42.4 Å². The molecular weight excluding hydrogens is 528 g/mol. The highest BCUT2D eigenvalue weighted by atomic mass is 16.7. The van der Waals surface area contributed by atoms with Gasteiger partial charge in [-0.1, -0.05) is 84.9 Å². The van der Waals surface area contributed by atoms with Crippen molar-refractivity contribution in [1.29, 1.82) is 0 Å². The second kappa shape index (κ2) is 13.8. The molecule has 220 valence electrons. The molecule has 0 bridgehead atoms. The summed E-state index contributed by atoms with van der Waals surface area (Å²) in [5, 5.41) is 10.2. The first-order valence-corrected chi connectivity index (χ1v) is 15.3. The maximum Gasteiger partial charge on any atom is 0.338 e. The summed E-state index contributed by atoms with van der Waals surface area (Å²) in [4.78, 5) is 13.3. The highest BCUT2D eigenvalue weighted by molar-refractivity contribution is 5.90. The number of rotatable bonds is 10. The van der Waals surface area contributed by atoms with E-state index in [2.05, 4.69) is 36.4 Å². The normalized spacial score (nSPS) is 28.0. The lowest BCUT2D eigenvalue weighted by Crippen LogP contribution is -2.28. The average Bonchev–Trinajstić information content (AvgIpc) is 3.55. The molecule has 1 N–H and O–H groups in total. The van der Waals surface area contributed by atoms with Gasteiger partial charge in [-0.25, -0.2) is 4.79 Å². The fourth-order valence-corrected chi connectivity index (χ4v) is 6.50. The first-order chi connectivity index (χ1) is 20.6. The van der Waals surface area contributed by atoms with Gasteiger partial charge in [0, 0.05) is 25.4 Å². The van der Waals surface area contributed by atoms with Crippen molar-refractivity contribution in [2.45, 2.75) is 75.8 Å². The first kappa shape index (κ1) is 28.8. The van der Waals surface area contributed by atoms with Gasteiger partial charge in [0.05, 0.1) is 17.8 Å². The van der Waals surface area contributed by atoms with Crippen LogP contribution in [0.4, 0.5) is 0 Å². The zero-order valence-electron chi connectivity index (χ0n) is 23.9. The minimum atomic E-state index is -0.779. The number of hydrogen-bond donors (Lipinski definition) is 1. The maximum atomic E-state index is 13.3. The predicted molar refractivity (Wildman–Crippen MR) is 161 cm³/mol. The predicted octanol–water partition coefficient (Wildman–Crippen LogP) is 6.72. The molecule has 6 rings (SSSR count). The van der Waals surface area contributed by atoms with Crippen LogP contribution >= 0.6 is 0 Å². The van der Waals surface area contributed by atoms with Gasteiger partial charge in [0.1, 0.15) is 6.10 Å². The Morgan fingerprint density at radius 1 is 0.929 bits per heavy atom. The van der Waals surface area contributed by atoms with Crippen molar-refractivity contribution in [3.63, 3.8) is 0 Å². The molecule has 2 heterocycles. The van der Waals surface area contributed by atoms with Gasteiger partial charge >= 0.3 is 5.97 Å². The summed E-state index contributed by atoms with van der Waals surface area (Å²) in [6, 6.07) is 28.1. The Morgan fingerprint density at radius 3 is 2.40 bits per heavy atom. The molecule has 0 spiro atoms. The summed E-state index contributed by atoms with van der Waals surface area (Å²) in [5.74, 6) is -0.337. The Kier molecular flexibility index (Phi) is 9.46. The van der Waals surface area contributed by atoms with Gasteiger partial charge < -0.3 is 24.1 Å². The summed E-state index contributed by atoms with van der Waals surface area (Å²) in [6.07, 6.45) is 8.52. The quantitative estimate of drug-likeness (QED) is 0.216. The number of aliphatic hydroxyl groups is 1. The van der Waals surface area contributed by atoms with Crippen LogP contribution in [0.1, 0.15) is 54.4 Å². The third-order valence-corrected chi connectivity index (χ3v) is 8.73. The Hall–Kier alpha value is -3.29. The molecular formula is C36H40O6. The van der Waals surface area contributed by atoms with E-state index in [9.17, 15) is 9.90 Å². The van der Waals surface area contributed by atoms with Crippen molar-refractivity contribution in [2.75, 3.05) is 6.61 Å². The van der Waals surface area contributed by atoms with Crippen molar-refractivity contribution in [3.05, 3.63) is 108 Å². The second-order valence-electron chi connectivity index (χ2n) is 11.6. The number of ether oxygens (including phenoxy) is 4. The van der Waals surface area contributed by atoms with Gasteiger partial charge in [-0.2, -0.15) is 0 Å². The maximum absolute atomic E-state index is 13.3. The van der Waals surface area contributed by atoms with Crippen LogP contribution in [0.2, 0.25) is 0 Å². The van der Waals surface area contributed by atoms with Gasteiger partial charge in [0.2, 0.25) is 0 Å². The summed E-state index contributed by atoms with van der Waals surface area (Å²) < 4.78 is 24.3. The number of fused-ring (bicyclic) bond motifs is 1. The monoisotopic (exact) mass is 568 g/mol. The van der Waals surface area contributed by atoms with Crippen LogP contribution in [-0.2, 0) is 25.4 Å². The van der Waals surface area contributed by atoms with E-state index in [1.54, 1.807) is 0 Å². The van der Waals surface area contributed by atoms with Gasteiger partial charge in [0.15, 0.2) is 12.6 Å². The van der Waals surface area contributed by atoms with E-state index in [0.717, 1.165) is 49.8 Å². The third-order valence-electron chi connectivity index (χ3n) is 8.73. The molecule has 3 fully saturated rings. The van der Waals surface area contributed by atoms with Crippen LogP contribution in [0.15, 0.2) is 97.1 Å². The molecule has 2 unspecified atom stereocenters. The van der Waals surface area contributed by atoms with Crippen molar-refractivity contribution in [1.82, 2.24) is 0 Å². The molecule has 2 saturated heterocycles. The van der Waals surface area contributed by atoms with Crippen LogP contribution in [-0.4, -0.2) is 48.6 Å². The molecule has 1 aliphatic carbocycles. The number of esters is 1. The van der Waals surface area contributed by atoms with E-state index in [4.69, 9.17) is 18.9 Å². The SMILES string of the molecule is O=C(O[C@@H]1C[C@@H]2OC(O)C[C@@H]2[C@H]1/C=C/[C@H](CCc1ccccc1)OC1CCCCO1)c1ccc(-c2ccccc2)cc1. The van der Waals surface area contributed by atoms with Gasteiger partial charge in [-0.05, 0) is 66.8 Å². The summed E-state index contributed by atoms with van der Waals surface area (Å²) >= 11 is 0. The second-order valence-corrected chi connectivity index (χ2v) is 11.6. The van der Waals surface area contributed by atoms with E-state index in [1.807, 2.05) is 60.7 Å². The van der Waals surface area contributed by atoms with E-state index in [0.29, 0.717) is 18.4 Å². The van der Waals surface area contributed by atoms with Gasteiger partial charge in [-0.3, -0.25) is 0 Å². The first-order valence-electron chi connectivity index (χ1n) is 15.3. The average molecular weight is 569 g/mol. The summed E-state index contributed by atoms with van der Waals surface area (Å²) in [7, 11) is 0. The smallest absolute Gasteiger partial charge is 0.338 e. The minimum absolute atomic E-state index is 0.0743. The summed E-state index contributed by atoms with van der Waals surface area (Å²) in [5.41, 5.74) is 3.94. The molecule has 2 aliphatic heterocycles. The van der Waals surface area contributed by atoms with Crippen LogP contribution in [0, 0.1) is 11.8 Å². The molecule has 0 radical (unpaired) electrons. The Labute approximate surface area is 248 Å². The molecule has 6 heteroatoms. The number of aliphatic hydroxyl groups excluding tert-OH is 1. The molecule has 1 saturated carbocycles. The lowest BCUT2D eigenvalue weighted by Gasteiger charge is -2.27. The lowest BCUT2D eigenvalue weighted by molar-refractivity contribution is -0.179. The highest BCUT2D eigenvalue weighted by Gasteiger charge is 2.50. The molecule has 0 amide bonds. The lowest BCUT2D eigenvalue weighted by atomic mass is 9.90. The summed E-state index contributed by atoms with van der Waals surface area (Å²) in [6.45, 7) is 0.728. The van der Waals surface area contributed by atoms with Crippen LogP contribution in [0.5, 0.6) is 0 Å². The highest BCUT2D eigenvalue weighted by Crippen LogP contribution is 2.45. The number of benzene rings is 3. The fourth-order valence-electron chi connectivity index (χ4n) is 6.50. The van der Waals surface area contributed by atoms with Crippen molar-refractivity contribution < 1.29 is 28.8 Å². The molecule has 42 heavy (non-hydrogen) atoms. The minimum Gasteiger partial charge on any atom is -0.458 e. The van der Waals surface area contributed by atoms with Crippen LogP contribution in [0.25, 0.3) is 11.1 Å².